The van der Waals surface area contributed by atoms with Crippen LogP contribution in [0.4, 0.5) is 5.69 Å². The van der Waals surface area contributed by atoms with Gasteiger partial charge in [-0.25, -0.2) is 4.68 Å². The molecule has 0 unspecified atom stereocenters. The van der Waals surface area contributed by atoms with Gasteiger partial charge >= 0.3 is 0 Å². The van der Waals surface area contributed by atoms with Gasteiger partial charge in [-0.05, 0) is 52.4 Å². The Morgan fingerprint density at radius 1 is 0.903 bits per heavy atom. The van der Waals surface area contributed by atoms with Gasteiger partial charge in [0, 0.05) is 36.9 Å². The van der Waals surface area contributed by atoms with E-state index in [0.29, 0.717) is 11.6 Å². The minimum absolute atomic E-state index is 0.0693. The first-order valence-electron chi connectivity index (χ1n) is 10.4. The molecule has 1 aliphatic rings. The summed E-state index contributed by atoms with van der Waals surface area (Å²) < 4.78 is 7.34. The molecule has 2 aromatic carbocycles. The molecule has 0 spiro atoms. The van der Waals surface area contributed by atoms with E-state index < -0.39 is 0 Å². The van der Waals surface area contributed by atoms with Gasteiger partial charge in [-0.1, -0.05) is 41.9 Å². The second-order valence-electron chi connectivity index (χ2n) is 7.59. The van der Waals surface area contributed by atoms with E-state index in [1.165, 1.54) is 5.69 Å². The van der Waals surface area contributed by atoms with Crippen molar-refractivity contribution in [1.29, 1.82) is 0 Å². The van der Waals surface area contributed by atoms with Crippen LogP contribution in [0, 0.1) is 0 Å². The van der Waals surface area contributed by atoms with E-state index in [1.54, 1.807) is 6.26 Å². The van der Waals surface area contributed by atoms with Crippen LogP contribution in [-0.2, 0) is 6.54 Å². The van der Waals surface area contributed by atoms with E-state index in [2.05, 4.69) is 67.8 Å². The van der Waals surface area contributed by atoms with Crippen LogP contribution in [0.15, 0.2) is 77.4 Å². The third-order valence-corrected chi connectivity index (χ3v) is 5.93. The molecular weight excluding hydrogens is 412 g/mol. The lowest BCUT2D eigenvalue weighted by molar-refractivity contribution is 0.201. The summed E-state index contributed by atoms with van der Waals surface area (Å²) in [5.74, 6) is 1.61. The molecule has 1 fully saturated rings. The second kappa shape index (κ2) is 8.91. The van der Waals surface area contributed by atoms with Gasteiger partial charge in [0.1, 0.15) is 12.3 Å². The highest BCUT2D eigenvalue weighted by Crippen LogP contribution is 2.30. The lowest BCUT2D eigenvalue weighted by Gasteiger charge is -2.39. The topological polar surface area (TPSA) is 63.2 Å². The molecule has 0 radical (unpaired) electrons. The maximum Gasteiger partial charge on any atom is 0.173 e. The van der Waals surface area contributed by atoms with Gasteiger partial charge in [0.25, 0.3) is 0 Å². The fourth-order valence-electron chi connectivity index (χ4n) is 4.12. The highest BCUT2D eigenvalue weighted by atomic mass is 35.5. The summed E-state index contributed by atoms with van der Waals surface area (Å²) in [4.78, 5) is 4.86. The Morgan fingerprint density at radius 3 is 2.39 bits per heavy atom. The van der Waals surface area contributed by atoms with Crippen molar-refractivity contribution in [1.82, 2.24) is 25.1 Å². The van der Waals surface area contributed by atoms with Crippen molar-refractivity contribution < 1.29 is 4.42 Å². The molecule has 31 heavy (non-hydrogen) atoms. The van der Waals surface area contributed by atoms with E-state index in [0.717, 1.165) is 43.3 Å². The zero-order valence-electron chi connectivity index (χ0n) is 17.0. The predicted octanol–water partition coefficient (Wildman–Crippen LogP) is 3.88. The van der Waals surface area contributed by atoms with Crippen LogP contribution in [0.3, 0.4) is 0 Å². The summed E-state index contributed by atoms with van der Waals surface area (Å²) >= 11 is 6.16. The number of hydrogen-bond acceptors (Lipinski definition) is 6. The number of hydrogen-bond donors (Lipinski definition) is 0. The van der Waals surface area contributed by atoms with Crippen molar-refractivity contribution in [2.24, 2.45) is 0 Å². The van der Waals surface area contributed by atoms with Gasteiger partial charge in [-0.3, -0.25) is 4.90 Å². The first-order valence-corrected chi connectivity index (χ1v) is 10.7. The van der Waals surface area contributed by atoms with Gasteiger partial charge in [0.2, 0.25) is 0 Å². The molecule has 7 nitrogen and oxygen atoms in total. The number of rotatable bonds is 6. The Bertz CT molecular complexity index is 1090. The number of halogens is 1. The zero-order chi connectivity index (χ0) is 21.0. The van der Waals surface area contributed by atoms with Crippen LogP contribution in [0.1, 0.15) is 23.2 Å². The van der Waals surface area contributed by atoms with Crippen LogP contribution < -0.4 is 4.90 Å². The van der Waals surface area contributed by atoms with Gasteiger partial charge in [-0.15, -0.1) is 5.10 Å². The predicted molar refractivity (Wildman–Crippen MR) is 119 cm³/mol. The van der Waals surface area contributed by atoms with Crippen molar-refractivity contribution in [3.63, 3.8) is 0 Å². The molecule has 1 aliphatic heterocycles. The molecule has 0 aliphatic carbocycles. The molecule has 0 bridgehead atoms. The Hall–Kier alpha value is -3.16. The van der Waals surface area contributed by atoms with E-state index in [9.17, 15) is 0 Å². The first-order chi connectivity index (χ1) is 15.3. The van der Waals surface area contributed by atoms with Crippen LogP contribution in [0.25, 0.3) is 0 Å². The van der Waals surface area contributed by atoms with Crippen molar-refractivity contribution in [3.8, 4) is 0 Å². The third-order valence-electron chi connectivity index (χ3n) is 5.68. The van der Waals surface area contributed by atoms with Crippen molar-refractivity contribution in [2.45, 2.75) is 12.6 Å². The Kier molecular flexibility index (Phi) is 5.69. The van der Waals surface area contributed by atoms with Crippen LogP contribution in [0.2, 0.25) is 5.02 Å². The molecule has 1 saturated heterocycles. The number of anilines is 1. The van der Waals surface area contributed by atoms with Crippen LogP contribution in [-0.4, -0.2) is 51.3 Å². The number of nitrogens with zero attached hydrogens (tertiary/aromatic N) is 6. The number of furan rings is 1. The average molecular weight is 435 g/mol. The lowest BCUT2D eigenvalue weighted by atomic mass is 10.0. The molecule has 3 heterocycles. The molecule has 5 rings (SSSR count). The number of benzene rings is 2. The monoisotopic (exact) mass is 434 g/mol. The number of para-hydroxylation sites is 1. The van der Waals surface area contributed by atoms with Gasteiger partial charge in [-0.2, -0.15) is 0 Å². The molecule has 8 heteroatoms. The van der Waals surface area contributed by atoms with Gasteiger partial charge in [0.05, 0.1) is 12.3 Å². The van der Waals surface area contributed by atoms with Crippen LogP contribution in [0.5, 0.6) is 0 Å². The zero-order valence-corrected chi connectivity index (χ0v) is 17.8. The number of aromatic nitrogens is 4. The fourth-order valence-corrected chi connectivity index (χ4v) is 4.24. The third kappa shape index (κ3) is 4.33. The summed E-state index contributed by atoms with van der Waals surface area (Å²) in [6, 6.07) is 22.2. The molecule has 1 atom stereocenters. The average Bonchev–Trinajstić information content (AvgIpc) is 3.49. The van der Waals surface area contributed by atoms with E-state index in [-0.39, 0.29) is 6.04 Å². The SMILES string of the molecule is Clc1ccc([C@H](c2nnnn2Cc2ccco2)N2CCN(c3ccccc3)CC2)cc1. The summed E-state index contributed by atoms with van der Waals surface area (Å²) in [5.41, 5.74) is 2.38. The molecule has 0 saturated carbocycles. The molecule has 0 amide bonds. The van der Waals surface area contributed by atoms with Crippen LogP contribution >= 0.6 is 11.6 Å². The van der Waals surface area contributed by atoms with Gasteiger partial charge < -0.3 is 9.32 Å². The molecule has 4 aromatic rings. The van der Waals surface area contributed by atoms with E-state index >= 15 is 0 Å². The molecule has 158 valence electrons. The summed E-state index contributed by atoms with van der Waals surface area (Å²) in [7, 11) is 0. The van der Waals surface area contributed by atoms with Crippen molar-refractivity contribution in [3.05, 3.63) is 95.2 Å². The Morgan fingerprint density at radius 2 is 1.68 bits per heavy atom. The Labute approximate surface area is 185 Å². The summed E-state index contributed by atoms with van der Waals surface area (Å²) in [6.45, 7) is 4.16. The molecular formula is C23H23ClN6O. The molecule has 2 aromatic heterocycles. The van der Waals surface area contributed by atoms with E-state index in [4.69, 9.17) is 16.0 Å². The Balaban J connectivity index is 1.43. The summed E-state index contributed by atoms with van der Waals surface area (Å²) in [6.07, 6.45) is 1.67. The lowest BCUT2D eigenvalue weighted by Crippen LogP contribution is -2.48. The second-order valence-corrected chi connectivity index (χ2v) is 8.02. The van der Waals surface area contributed by atoms with Crippen molar-refractivity contribution >= 4 is 17.3 Å². The van der Waals surface area contributed by atoms with Gasteiger partial charge in [0.15, 0.2) is 5.82 Å². The first kappa shape index (κ1) is 19.8. The smallest absolute Gasteiger partial charge is 0.173 e. The fraction of sp³-hybridized carbons (Fsp3) is 0.261. The maximum atomic E-state index is 6.16. The number of tetrazole rings is 1. The number of piperazine rings is 1. The van der Waals surface area contributed by atoms with Crippen molar-refractivity contribution in [2.75, 3.05) is 31.1 Å². The normalized spacial score (nSPS) is 15.8. The standard InChI is InChI=1S/C23H23ClN6O/c24-19-10-8-18(9-11-19)22(23-25-26-27-30(23)17-21-7-4-16-31-21)29-14-12-28(13-15-29)20-5-2-1-3-6-20/h1-11,16,22H,12-15,17H2/t22-/m1/s1. The largest absolute Gasteiger partial charge is 0.467 e. The maximum absolute atomic E-state index is 6.16. The summed E-state index contributed by atoms with van der Waals surface area (Å²) in [5, 5.41) is 13.4. The highest BCUT2D eigenvalue weighted by molar-refractivity contribution is 6.30. The minimum Gasteiger partial charge on any atom is -0.467 e. The minimum atomic E-state index is -0.0693. The highest BCUT2D eigenvalue weighted by Gasteiger charge is 2.31. The quantitative estimate of drug-likeness (QED) is 0.459. The molecule has 0 N–H and O–H groups in total. The van der Waals surface area contributed by atoms with E-state index in [1.807, 2.05) is 28.9 Å².